The van der Waals surface area contributed by atoms with Crippen LogP contribution in [0.25, 0.3) is 11.0 Å². The number of rotatable bonds is 5. The van der Waals surface area contributed by atoms with Gasteiger partial charge in [0.05, 0.1) is 17.1 Å². The second-order valence-electron chi connectivity index (χ2n) is 7.41. The van der Waals surface area contributed by atoms with Crippen LogP contribution in [0.15, 0.2) is 24.3 Å². The standard InChI is InChI=1S/C20H28N4O.2ClH/c1-2-24-18-10-6-5-9-16(18)23-19(24)11-12-21-20(25)17-13-14-7-3-4-8-15(14)22-17;;/h5-6,9-10,14-15,17,22H,2-4,7-8,11-13H2,1H3,(H,21,25);2*1H. The van der Waals surface area contributed by atoms with Crippen molar-refractivity contribution >= 4 is 41.8 Å². The molecular formula is C20H30Cl2N4O. The van der Waals surface area contributed by atoms with Crippen molar-refractivity contribution in [1.82, 2.24) is 20.2 Å². The largest absolute Gasteiger partial charge is 0.354 e. The van der Waals surface area contributed by atoms with Crippen LogP contribution in [0.5, 0.6) is 0 Å². The van der Waals surface area contributed by atoms with Gasteiger partial charge in [0.25, 0.3) is 0 Å². The summed E-state index contributed by atoms with van der Waals surface area (Å²) >= 11 is 0. The highest BCUT2D eigenvalue weighted by molar-refractivity contribution is 5.85. The number of carbonyl (C=O) groups excluding carboxylic acids is 1. The molecule has 1 saturated carbocycles. The van der Waals surface area contributed by atoms with Crippen LogP contribution in [-0.2, 0) is 17.8 Å². The molecule has 1 aromatic carbocycles. The Labute approximate surface area is 173 Å². The Morgan fingerprint density at radius 3 is 2.81 bits per heavy atom. The molecule has 0 spiro atoms. The number of aryl methyl sites for hydroxylation is 1. The minimum absolute atomic E-state index is 0. The molecule has 5 nitrogen and oxygen atoms in total. The van der Waals surface area contributed by atoms with Crippen LogP contribution in [0.3, 0.4) is 0 Å². The number of para-hydroxylation sites is 2. The van der Waals surface area contributed by atoms with E-state index in [2.05, 4.69) is 28.2 Å². The summed E-state index contributed by atoms with van der Waals surface area (Å²) in [6.07, 6.45) is 6.91. The molecule has 4 rings (SSSR count). The molecule has 1 amide bonds. The highest BCUT2D eigenvalue weighted by atomic mass is 35.5. The van der Waals surface area contributed by atoms with Gasteiger partial charge in [-0.05, 0) is 44.2 Å². The molecule has 2 heterocycles. The topological polar surface area (TPSA) is 59.0 Å². The van der Waals surface area contributed by atoms with Gasteiger partial charge in [-0.1, -0.05) is 25.0 Å². The van der Waals surface area contributed by atoms with Crippen LogP contribution in [0, 0.1) is 5.92 Å². The third-order valence-electron chi connectivity index (χ3n) is 5.88. The van der Waals surface area contributed by atoms with Gasteiger partial charge in [-0.25, -0.2) is 4.98 Å². The van der Waals surface area contributed by atoms with E-state index in [9.17, 15) is 4.79 Å². The zero-order valence-electron chi connectivity index (χ0n) is 15.8. The number of benzene rings is 1. The third kappa shape index (κ3) is 4.58. The first kappa shape index (κ1) is 22.0. The summed E-state index contributed by atoms with van der Waals surface area (Å²) in [4.78, 5) is 17.2. The smallest absolute Gasteiger partial charge is 0.237 e. The van der Waals surface area contributed by atoms with Gasteiger partial charge in [-0.15, -0.1) is 24.8 Å². The maximum Gasteiger partial charge on any atom is 0.237 e. The lowest BCUT2D eigenvalue weighted by atomic mass is 9.85. The van der Waals surface area contributed by atoms with Crippen LogP contribution in [0.4, 0.5) is 0 Å². The average molecular weight is 413 g/mol. The Morgan fingerprint density at radius 1 is 1.26 bits per heavy atom. The van der Waals surface area contributed by atoms with Crippen molar-refractivity contribution in [2.45, 2.75) is 64.1 Å². The number of halogens is 2. The summed E-state index contributed by atoms with van der Waals surface area (Å²) < 4.78 is 2.24. The van der Waals surface area contributed by atoms with Gasteiger partial charge >= 0.3 is 0 Å². The lowest BCUT2D eigenvalue weighted by molar-refractivity contribution is -0.122. The van der Waals surface area contributed by atoms with Gasteiger partial charge in [0.15, 0.2) is 0 Å². The van der Waals surface area contributed by atoms with Crippen molar-refractivity contribution in [3.8, 4) is 0 Å². The zero-order valence-corrected chi connectivity index (χ0v) is 17.5. The second kappa shape index (κ2) is 9.76. The molecule has 2 aromatic rings. The van der Waals surface area contributed by atoms with E-state index in [1.807, 2.05) is 18.2 Å². The molecule has 1 aliphatic carbocycles. The quantitative estimate of drug-likeness (QED) is 0.789. The SMILES string of the molecule is CCn1c(CCNC(=O)C2CC3CCCCC3N2)nc2ccccc21.Cl.Cl. The molecular weight excluding hydrogens is 383 g/mol. The molecule has 1 saturated heterocycles. The predicted molar refractivity (Wildman–Crippen MR) is 114 cm³/mol. The Morgan fingerprint density at radius 2 is 2.04 bits per heavy atom. The van der Waals surface area contributed by atoms with Crippen molar-refractivity contribution in [3.05, 3.63) is 30.1 Å². The minimum atomic E-state index is -0.00177. The second-order valence-corrected chi connectivity index (χ2v) is 7.41. The number of amides is 1. The number of fused-ring (bicyclic) bond motifs is 2. The fraction of sp³-hybridized carbons (Fsp3) is 0.600. The van der Waals surface area contributed by atoms with Gasteiger partial charge in [0, 0.05) is 25.6 Å². The normalized spacial score (nSPS) is 24.0. The summed E-state index contributed by atoms with van der Waals surface area (Å²) in [5.74, 6) is 1.92. The number of imidazole rings is 1. The number of carbonyl (C=O) groups is 1. The van der Waals surface area contributed by atoms with Gasteiger partial charge in [-0.2, -0.15) is 0 Å². The summed E-state index contributed by atoms with van der Waals surface area (Å²) in [6, 6.07) is 8.79. The summed E-state index contributed by atoms with van der Waals surface area (Å²) in [5.41, 5.74) is 2.21. The highest BCUT2D eigenvalue weighted by Crippen LogP contribution is 2.33. The molecule has 150 valence electrons. The van der Waals surface area contributed by atoms with Crippen molar-refractivity contribution < 1.29 is 4.79 Å². The fourth-order valence-corrected chi connectivity index (χ4v) is 4.61. The van der Waals surface area contributed by atoms with Gasteiger partial charge in [0.1, 0.15) is 5.82 Å². The monoisotopic (exact) mass is 412 g/mol. The van der Waals surface area contributed by atoms with Crippen LogP contribution >= 0.6 is 24.8 Å². The predicted octanol–water partition coefficient (Wildman–Crippen LogP) is 3.48. The maximum absolute atomic E-state index is 12.5. The number of aromatic nitrogens is 2. The van der Waals surface area contributed by atoms with Crippen molar-refractivity contribution in [2.75, 3.05) is 6.54 Å². The van der Waals surface area contributed by atoms with E-state index in [1.54, 1.807) is 0 Å². The number of hydrogen-bond donors (Lipinski definition) is 2. The Balaban J connectivity index is 0.00000131. The van der Waals surface area contributed by atoms with E-state index in [-0.39, 0.29) is 36.8 Å². The lowest BCUT2D eigenvalue weighted by Gasteiger charge is -2.24. The van der Waals surface area contributed by atoms with Crippen LogP contribution in [0.1, 0.15) is 44.9 Å². The van der Waals surface area contributed by atoms with E-state index in [1.165, 1.54) is 31.2 Å². The molecule has 0 bridgehead atoms. The molecule has 1 aromatic heterocycles. The first-order valence-electron chi connectivity index (χ1n) is 9.74. The summed E-state index contributed by atoms with van der Waals surface area (Å²) in [7, 11) is 0. The molecule has 27 heavy (non-hydrogen) atoms. The average Bonchev–Trinajstić information content (AvgIpc) is 3.22. The Bertz CT molecular complexity index is 750. The van der Waals surface area contributed by atoms with Crippen LogP contribution < -0.4 is 10.6 Å². The number of nitrogens with zero attached hydrogens (tertiary/aromatic N) is 2. The molecule has 3 atom stereocenters. The first-order valence-corrected chi connectivity index (χ1v) is 9.74. The van der Waals surface area contributed by atoms with E-state index in [0.717, 1.165) is 30.7 Å². The highest BCUT2D eigenvalue weighted by Gasteiger charge is 2.37. The molecule has 2 fully saturated rings. The first-order chi connectivity index (χ1) is 12.3. The number of hydrogen-bond acceptors (Lipinski definition) is 3. The zero-order chi connectivity index (χ0) is 17.2. The Kier molecular flexibility index (Phi) is 7.95. The van der Waals surface area contributed by atoms with Crippen molar-refractivity contribution in [2.24, 2.45) is 5.92 Å². The van der Waals surface area contributed by atoms with E-state index in [4.69, 9.17) is 4.98 Å². The van der Waals surface area contributed by atoms with E-state index in [0.29, 0.717) is 18.5 Å². The minimum Gasteiger partial charge on any atom is -0.354 e. The lowest BCUT2D eigenvalue weighted by Crippen LogP contribution is -2.43. The summed E-state index contributed by atoms with van der Waals surface area (Å²) in [6.45, 7) is 3.69. The third-order valence-corrected chi connectivity index (χ3v) is 5.88. The summed E-state index contributed by atoms with van der Waals surface area (Å²) in [5, 5.41) is 6.68. The van der Waals surface area contributed by atoms with Crippen LogP contribution in [-0.4, -0.2) is 34.1 Å². The van der Waals surface area contributed by atoms with Crippen LogP contribution in [0.2, 0.25) is 0 Å². The van der Waals surface area contributed by atoms with Crippen molar-refractivity contribution in [3.63, 3.8) is 0 Å². The van der Waals surface area contributed by atoms with E-state index < -0.39 is 0 Å². The van der Waals surface area contributed by atoms with Gasteiger partial charge in [-0.3, -0.25) is 4.79 Å². The van der Waals surface area contributed by atoms with Gasteiger partial charge < -0.3 is 15.2 Å². The molecule has 1 aliphatic heterocycles. The molecule has 7 heteroatoms. The maximum atomic E-state index is 12.5. The molecule has 2 aliphatic rings. The van der Waals surface area contributed by atoms with Gasteiger partial charge in [0.2, 0.25) is 5.91 Å². The fourth-order valence-electron chi connectivity index (χ4n) is 4.61. The Hall–Kier alpha value is -1.30. The van der Waals surface area contributed by atoms with E-state index >= 15 is 0 Å². The molecule has 2 N–H and O–H groups in total. The number of nitrogens with one attached hydrogen (secondary N) is 2. The molecule has 0 radical (unpaired) electrons. The molecule has 3 unspecified atom stereocenters. The van der Waals surface area contributed by atoms with Crippen molar-refractivity contribution in [1.29, 1.82) is 0 Å².